The van der Waals surface area contributed by atoms with Crippen LogP contribution in [0.15, 0.2) is 23.8 Å². The standard InChI is InChI=1S/C8H10O2.W/c1-4-6(2)5-7(3)8(9)10;/h5H,3H2,1-2H3,(H,9,10);/b6-5-;. The molecule has 0 aromatic heterocycles. The quantitative estimate of drug-likeness (QED) is 0.628. The van der Waals surface area contributed by atoms with Crippen molar-refractivity contribution in [1.29, 1.82) is 0 Å². The van der Waals surface area contributed by atoms with E-state index in [9.17, 15) is 4.79 Å². The van der Waals surface area contributed by atoms with Crippen molar-refractivity contribution in [2.75, 3.05) is 0 Å². The molecule has 0 unspecified atom stereocenters. The third-order valence-corrected chi connectivity index (χ3v) is 2.38. The predicted molar refractivity (Wildman–Crippen MR) is 41.2 cm³/mol. The van der Waals surface area contributed by atoms with E-state index in [1.807, 2.05) is 13.8 Å². The normalized spacial score (nSPS) is 10.9. The van der Waals surface area contributed by atoms with Crippen LogP contribution in [0.5, 0.6) is 0 Å². The Morgan fingerprint density at radius 3 is 2.27 bits per heavy atom. The molecule has 0 radical (unpaired) electrons. The summed E-state index contributed by atoms with van der Waals surface area (Å²) in [4.78, 5) is 10.3. The fourth-order valence-electron chi connectivity index (χ4n) is 0.425. The second-order valence-electron chi connectivity index (χ2n) is 2.21. The van der Waals surface area contributed by atoms with Crippen molar-refractivity contribution in [1.82, 2.24) is 0 Å². The predicted octanol–water partition coefficient (Wildman–Crippen LogP) is 1.31. The minimum absolute atomic E-state index is 0.142. The van der Waals surface area contributed by atoms with Crippen LogP contribution >= 0.6 is 0 Å². The van der Waals surface area contributed by atoms with Crippen molar-refractivity contribution >= 4 is 9.87 Å². The summed E-state index contributed by atoms with van der Waals surface area (Å²) in [5.74, 6) is -0.958. The third-order valence-electron chi connectivity index (χ3n) is 1.22. The van der Waals surface area contributed by atoms with Crippen molar-refractivity contribution in [3.63, 3.8) is 0 Å². The zero-order valence-corrected chi connectivity index (χ0v) is 9.48. The number of carboxylic acids is 1. The van der Waals surface area contributed by atoms with Crippen LogP contribution in [0.1, 0.15) is 13.8 Å². The van der Waals surface area contributed by atoms with E-state index in [2.05, 4.69) is 6.58 Å². The zero-order chi connectivity index (χ0) is 9.02. The molecule has 2 nitrogen and oxygen atoms in total. The molecule has 0 bridgehead atoms. The van der Waals surface area contributed by atoms with Gasteiger partial charge < -0.3 is 0 Å². The fraction of sp³-hybridized carbons (Fsp3) is 0.250. The summed E-state index contributed by atoms with van der Waals surface area (Å²) in [6.45, 7) is 7.25. The number of aliphatic carboxylic acids is 1. The van der Waals surface area contributed by atoms with Gasteiger partial charge in [0, 0.05) is 0 Å². The second kappa shape index (κ2) is 4.40. The molecule has 3 heteroatoms. The van der Waals surface area contributed by atoms with Crippen LogP contribution in [-0.4, -0.2) is 15.0 Å². The summed E-state index contributed by atoms with van der Waals surface area (Å²) in [6, 6.07) is 0. The van der Waals surface area contributed by atoms with E-state index < -0.39 is 5.97 Å². The average Bonchev–Trinajstić information content (AvgIpc) is 1.87. The van der Waals surface area contributed by atoms with E-state index in [0.717, 1.165) is 5.57 Å². The van der Waals surface area contributed by atoms with Crippen molar-refractivity contribution in [2.45, 2.75) is 13.8 Å². The monoisotopic (exact) mass is 322 g/mol. The van der Waals surface area contributed by atoms with E-state index in [1.54, 1.807) is 6.08 Å². The molecular weight excluding hydrogens is 312 g/mol. The topological polar surface area (TPSA) is 37.3 Å². The molecule has 0 saturated carbocycles. The van der Waals surface area contributed by atoms with Crippen LogP contribution in [0, 0.1) is 0 Å². The van der Waals surface area contributed by atoms with Gasteiger partial charge in [0.2, 0.25) is 0 Å². The molecule has 0 amide bonds. The van der Waals surface area contributed by atoms with Crippen LogP contribution < -0.4 is 0 Å². The van der Waals surface area contributed by atoms with Crippen molar-refractivity contribution in [3.05, 3.63) is 23.8 Å². The van der Waals surface area contributed by atoms with Gasteiger partial charge in [-0.05, 0) is 0 Å². The SMILES string of the molecule is C=C(/C=C(/C)[C](C)=[W])C(=O)O. The number of hydrogen-bond acceptors (Lipinski definition) is 1. The van der Waals surface area contributed by atoms with Gasteiger partial charge in [-0.3, -0.25) is 0 Å². The molecule has 0 saturated heterocycles. The molecule has 0 aliphatic carbocycles. The Morgan fingerprint density at radius 1 is 1.55 bits per heavy atom. The maximum atomic E-state index is 10.3. The van der Waals surface area contributed by atoms with Gasteiger partial charge in [0.15, 0.2) is 0 Å². The molecule has 0 rings (SSSR count). The molecule has 0 aliphatic rings. The number of carbonyl (C=O) groups is 1. The number of rotatable bonds is 3. The van der Waals surface area contributed by atoms with Crippen molar-refractivity contribution in [2.24, 2.45) is 0 Å². The zero-order valence-electron chi connectivity index (χ0n) is 6.55. The van der Waals surface area contributed by atoms with Crippen LogP contribution in [0.2, 0.25) is 0 Å². The molecule has 0 aromatic carbocycles. The summed E-state index contributed by atoms with van der Waals surface area (Å²) < 4.78 is 1.19. The second-order valence-corrected chi connectivity index (χ2v) is 4.41. The number of hydrogen-bond donors (Lipinski definition) is 1. The van der Waals surface area contributed by atoms with Gasteiger partial charge in [-0.1, -0.05) is 0 Å². The van der Waals surface area contributed by atoms with Gasteiger partial charge in [-0.25, -0.2) is 0 Å². The Labute approximate surface area is 77.0 Å². The van der Waals surface area contributed by atoms with E-state index in [1.165, 1.54) is 23.3 Å². The Balaban J connectivity index is 4.44. The summed E-state index contributed by atoms with van der Waals surface area (Å²) in [5.41, 5.74) is 1.13. The maximum absolute atomic E-state index is 10.3. The Bertz CT molecular complexity index is 238. The van der Waals surface area contributed by atoms with Crippen molar-refractivity contribution < 1.29 is 29.3 Å². The van der Waals surface area contributed by atoms with E-state index in [0.29, 0.717) is 0 Å². The summed E-state index contributed by atoms with van der Waals surface area (Å²) in [6.07, 6.45) is 1.59. The van der Waals surface area contributed by atoms with Gasteiger partial charge in [-0.2, -0.15) is 0 Å². The van der Waals surface area contributed by atoms with Gasteiger partial charge in [0.25, 0.3) is 0 Å². The molecule has 1 N–H and O–H groups in total. The summed E-state index contributed by atoms with van der Waals surface area (Å²) >= 11 is 1.35. The first-order chi connectivity index (χ1) is 4.95. The van der Waals surface area contributed by atoms with E-state index in [4.69, 9.17) is 5.11 Å². The van der Waals surface area contributed by atoms with Crippen LogP contribution in [0.4, 0.5) is 0 Å². The van der Waals surface area contributed by atoms with Gasteiger partial charge >= 0.3 is 76.8 Å². The van der Waals surface area contributed by atoms with Gasteiger partial charge in [0.1, 0.15) is 0 Å². The third kappa shape index (κ3) is 4.05. The average molecular weight is 322 g/mol. The van der Waals surface area contributed by atoms with Crippen molar-refractivity contribution in [3.8, 4) is 0 Å². The summed E-state index contributed by atoms with van der Waals surface area (Å²) in [5, 5.41) is 8.47. The Kier molecular flexibility index (Phi) is 4.20. The molecule has 0 heterocycles. The first-order valence-corrected chi connectivity index (χ1v) is 4.53. The molecule has 60 valence electrons. The molecule has 0 spiro atoms. The van der Waals surface area contributed by atoms with Gasteiger partial charge in [-0.15, -0.1) is 0 Å². The molecule has 0 atom stereocenters. The molecule has 0 aliphatic heterocycles. The molecule has 0 fully saturated rings. The Morgan fingerprint density at radius 2 is 2.00 bits per heavy atom. The first-order valence-electron chi connectivity index (χ1n) is 3.06. The molecule has 11 heavy (non-hydrogen) atoms. The van der Waals surface area contributed by atoms with Crippen LogP contribution in [-0.2, 0) is 24.1 Å². The minimum atomic E-state index is -0.958. The van der Waals surface area contributed by atoms with Crippen LogP contribution in [0.3, 0.4) is 0 Å². The Hall–Kier alpha value is -0.492. The molecular formula is C8H10O2W. The number of allylic oxidation sites excluding steroid dienone is 1. The van der Waals surface area contributed by atoms with E-state index in [-0.39, 0.29) is 5.57 Å². The van der Waals surface area contributed by atoms with Gasteiger partial charge in [0.05, 0.1) is 0 Å². The summed E-state index contributed by atoms with van der Waals surface area (Å²) in [7, 11) is 0. The van der Waals surface area contributed by atoms with Crippen LogP contribution in [0.25, 0.3) is 0 Å². The number of carboxylic acid groups (broad SMARTS) is 1. The fourth-order valence-corrected chi connectivity index (χ4v) is 0.636. The first kappa shape index (κ1) is 10.5. The van der Waals surface area contributed by atoms with E-state index >= 15 is 0 Å². The molecule has 0 aromatic rings.